The van der Waals surface area contributed by atoms with Crippen LogP contribution in [0.25, 0.3) is 0 Å². The summed E-state index contributed by atoms with van der Waals surface area (Å²) in [6.45, 7) is 1.16. The van der Waals surface area contributed by atoms with E-state index in [2.05, 4.69) is 5.32 Å². The minimum absolute atomic E-state index is 0.0341. The second-order valence-electron chi connectivity index (χ2n) is 5.96. The van der Waals surface area contributed by atoms with Crippen LogP contribution in [0.1, 0.15) is 18.4 Å². The largest absolute Gasteiger partial charge is 0.352 e. The van der Waals surface area contributed by atoms with Gasteiger partial charge >= 0.3 is 0 Å². The third-order valence-corrected chi connectivity index (χ3v) is 7.78. The third kappa shape index (κ3) is 4.41. The zero-order valence-corrected chi connectivity index (χ0v) is 15.9. The molecule has 134 valence electrons. The summed E-state index contributed by atoms with van der Waals surface area (Å²) < 4.78 is 26.8. The van der Waals surface area contributed by atoms with Crippen LogP contribution in [0.5, 0.6) is 0 Å². The van der Waals surface area contributed by atoms with Gasteiger partial charge in [-0.2, -0.15) is 4.31 Å². The fourth-order valence-corrected chi connectivity index (χ4v) is 5.70. The van der Waals surface area contributed by atoms with Gasteiger partial charge in [0.2, 0.25) is 5.91 Å². The van der Waals surface area contributed by atoms with Crippen LogP contribution in [-0.2, 0) is 21.4 Å². The number of thiophene rings is 1. The SMILES string of the molecule is O=C(NCc1cccc(Cl)c1)C1CCN(S(=O)(=O)c2cccs2)CC1. The van der Waals surface area contributed by atoms with Crippen LogP contribution in [-0.4, -0.2) is 31.7 Å². The predicted octanol–water partition coefficient (Wildman–Crippen LogP) is 3.12. The van der Waals surface area contributed by atoms with Crippen molar-refractivity contribution in [2.75, 3.05) is 13.1 Å². The molecule has 1 aromatic carbocycles. The van der Waals surface area contributed by atoms with E-state index in [4.69, 9.17) is 11.6 Å². The summed E-state index contributed by atoms with van der Waals surface area (Å²) in [4.78, 5) is 12.3. The Bertz CT molecular complexity index is 829. The highest BCUT2D eigenvalue weighted by atomic mass is 35.5. The van der Waals surface area contributed by atoms with E-state index in [1.54, 1.807) is 23.6 Å². The number of carbonyl (C=O) groups excluding carboxylic acids is 1. The summed E-state index contributed by atoms with van der Waals surface area (Å²) >= 11 is 7.15. The maximum atomic E-state index is 12.5. The molecule has 1 aliphatic heterocycles. The van der Waals surface area contributed by atoms with Crippen molar-refractivity contribution in [2.45, 2.75) is 23.6 Å². The maximum Gasteiger partial charge on any atom is 0.252 e. The molecular weight excluding hydrogens is 380 g/mol. The van der Waals surface area contributed by atoms with E-state index < -0.39 is 10.0 Å². The lowest BCUT2D eigenvalue weighted by Gasteiger charge is -2.30. The molecular formula is C17H19ClN2O3S2. The molecule has 25 heavy (non-hydrogen) atoms. The zero-order chi connectivity index (χ0) is 17.9. The number of rotatable bonds is 5. The van der Waals surface area contributed by atoms with E-state index in [9.17, 15) is 13.2 Å². The fraction of sp³-hybridized carbons (Fsp3) is 0.353. The van der Waals surface area contributed by atoms with Crippen LogP contribution in [0, 0.1) is 5.92 Å². The number of carbonyl (C=O) groups is 1. The van der Waals surface area contributed by atoms with E-state index in [1.807, 2.05) is 18.2 Å². The Balaban J connectivity index is 1.52. The van der Waals surface area contributed by atoms with Gasteiger partial charge in [-0.25, -0.2) is 8.42 Å². The smallest absolute Gasteiger partial charge is 0.252 e. The molecule has 1 fully saturated rings. The van der Waals surface area contributed by atoms with Crippen molar-refractivity contribution in [3.8, 4) is 0 Å². The molecule has 0 atom stereocenters. The molecule has 2 aromatic rings. The Hall–Kier alpha value is -1.41. The summed E-state index contributed by atoms with van der Waals surface area (Å²) in [6, 6.07) is 10.7. The second kappa shape index (κ2) is 7.86. The minimum atomic E-state index is -3.42. The topological polar surface area (TPSA) is 66.5 Å². The summed E-state index contributed by atoms with van der Waals surface area (Å²) in [6.07, 6.45) is 1.07. The lowest BCUT2D eigenvalue weighted by atomic mass is 9.97. The lowest BCUT2D eigenvalue weighted by Crippen LogP contribution is -2.42. The molecule has 1 aliphatic rings. The molecule has 3 rings (SSSR count). The van der Waals surface area contributed by atoms with Crippen molar-refractivity contribution in [2.24, 2.45) is 5.92 Å². The van der Waals surface area contributed by atoms with Crippen LogP contribution in [0.2, 0.25) is 5.02 Å². The molecule has 1 saturated heterocycles. The number of piperidine rings is 1. The third-order valence-electron chi connectivity index (χ3n) is 4.27. The maximum absolute atomic E-state index is 12.5. The van der Waals surface area contributed by atoms with Crippen LogP contribution in [0.3, 0.4) is 0 Å². The normalized spacial score (nSPS) is 16.7. The number of benzene rings is 1. The molecule has 0 bridgehead atoms. The van der Waals surface area contributed by atoms with Crippen LogP contribution in [0.15, 0.2) is 46.0 Å². The van der Waals surface area contributed by atoms with Gasteiger partial charge in [0.05, 0.1) is 0 Å². The number of sulfonamides is 1. The molecule has 0 radical (unpaired) electrons. The molecule has 1 amide bonds. The number of hydrogen-bond acceptors (Lipinski definition) is 4. The standard InChI is InChI=1S/C17H19ClN2O3S2/c18-15-4-1-3-13(11-15)12-19-17(21)14-6-8-20(9-7-14)25(22,23)16-5-2-10-24-16/h1-5,10-11,14H,6-9,12H2,(H,19,21). The summed E-state index contributed by atoms with van der Waals surface area (Å²) in [5.41, 5.74) is 0.943. The Morgan fingerprint density at radius 2 is 2.00 bits per heavy atom. The first-order chi connectivity index (χ1) is 12.0. The molecule has 1 aromatic heterocycles. The Morgan fingerprint density at radius 1 is 1.24 bits per heavy atom. The Kier molecular flexibility index (Phi) is 5.78. The van der Waals surface area contributed by atoms with Gasteiger partial charge in [-0.3, -0.25) is 4.79 Å². The molecule has 0 spiro atoms. The highest BCUT2D eigenvalue weighted by Gasteiger charge is 2.32. The summed E-state index contributed by atoms with van der Waals surface area (Å²) in [7, 11) is -3.42. The van der Waals surface area contributed by atoms with Crippen LogP contribution in [0.4, 0.5) is 0 Å². The number of nitrogens with one attached hydrogen (secondary N) is 1. The van der Waals surface area contributed by atoms with Gasteiger partial charge in [0.25, 0.3) is 10.0 Å². The van der Waals surface area contributed by atoms with Crippen molar-refractivity contribution < 1.29 is 13.2 Å². The van der Waals surface area contributed by atoms with Crippen molar-refractivity contribution in [1.82, 2.24) is 9.62 Å². The van der Waals surface area contributed by atoms with E-state index in [0.717, 1.165) is 5.56 Å². The van der Waals surface area contributed by atoms with Crippen molar-refractivity contribution in [3.63, 3.8) is 0 Å². The van der Waals surface area contributed by atoms with Crippen molar-refractivity contribution in [3.05, 3.63) is 52.4 Å². The Labute approximate surface area is 156 Å². The second-order valence-corrected chi connectivity index (χ2v) is 9.51. The monoisotopic (exact) mass is 398 g/mol. The van der Waals surface area contributed by atoms with Gasteiger partial charge in [0.1, 0.15) is 4.21 Å². The first kappa shape index (κ1) is 18.4. The highest BCUT2D eigenvalue weighted by molar-refractivity contribution is 7.91. The molecule has 1 N–H and O–H groups in total. The molecule has 0 aliphatic carbocycles. The highest BCUT2D eigenvalue weighted by Crippen LogP contribution is 2.26. The van der Waals surface area contributed by atoms with Gasteiger partial charge in [-0.15, -0.1) is 11.3 Å². The summed E-state index contributed by atoms with van der Waals surface area (Å²) in [5, 5.41) is 5.30. The molecule has 8 heteroatoms. The first-order valence-electron chi connectivity index (χ1n) is 8.02. The number of nitrogens with zero attached hydrogens (tertiary/aromatic N) is 1. The predicted molar refractivity (Wildman–Crippen MR) is 99.1 cm³/mol. The number of hydrogen-bond donors (Lipinski definition) is 1. The number of halogens is 1. The van der Waals surface area contributed by atoms with Crippen LogP contribution < -0.4 is 5.32 Å². The summed E-state index contributed by atoms with van der Waals surface area (Å²) in [5.74, 6) is -0.192. The molecule has 5 nitrogen and oxygen atoms in total. The Morgan fingerprint density at radius 3 is 2.64 bits per heavy atom. The van der Waals surface area contributed by atoms with Gasteiger partial charge in [0.15, 0.2) is 0 Å². The van der Waals surface area contributed by atoms with E-state index >= 15 is 0 Å². The van der Waals surface area contributed by atoms with Crippen molar-refractivity contribution >= 4 is 38.9 Å². The first-order valence-corrected chi connectivity index (χ1v) is 10.7. The molecule has 2 heterocycles. The quantitative estimate of drug-likeness (QED) is 0.841. The van der Waals surface area contributed by atoms with Gasteiger partial charge in [-0.05, 0) is 42.0 Å². The fourth-order valence-electron chi connectivity index (χ4n) is 2.88. The average Bonchev–Trinajstić information content (AvgIpc) is 3.15. The van der Waals surface area contributed by atoms with Gasteiger partial charge < -0.3 is 5.32 Å². The molecule has 0 saturated carbocycles. The molecule has 0 unspecified atom stereocenters. The average molecular weight is 399 g/mol. The van der Waals surface area contributed by atoms with E-state index in [0.29, 0.717) is 41.7 Å². The van der Waals surface area contributed by atoms with Crippen LogP contribution >= 0.6 is 22.9 Å². The van der Waals surface area contributed by atoms with Gasteiger partial charge in [0, 0.05) is 30.6 Å². The zero-order valence-electron chi connectivity index (χ0n) is 13.5. The number of amides is 1. The van der Waals surface area contributed by atoms with E-state index in [1.165, 1.54) is 15.6 Å². The van der Waals surface area contributed by atoms with Gasteiger partial charge in [-0.1, -0.05) is 29.8 Å². The van der Waals surface area contributed by atoms with E-state index in [-0.39, 0.29) is 11.8 Å². The van der Waals surface area contributed by atoms with Crippen molar-refractivity contribution in [1.29, 1.82) is 0 Å². The lowest BCUT2D eigenvalue weighted by molar-refractivity contribution is -0.126. The minimum Gasteiger partial charge on any atom is -0.352 e.